The Morgan fingerprint density at radius 1 is 1.33 bits per heavy atom. The lowest BCUT2D eigenvalue weighted by atomic mass is 10.2. The molecule has 1 amide bonds. The molecule has 2 N–H and O–H groups in total. The second-order valence-corrected chi connectivity index (χ2v) is 4.40. The second-order valence-electron chi connectivity index (χ2n) is 4.40. The van der Waals surface area contributed by atoms with Crippen LogP contribution >= 0.6 is 0 Å². The molecule has 0 aliphatic carbocycles. The molecular weight excluding hydrogens is 270 g/mol. The van der Waals surface area contributed by atoms with Crippen molar-refractivity contribution in [2.24, 2.45) is 0 Å². The summed E-state index contributed by atoms with van der Waals surface area (Å²) in [5, 5.41) is 11.2. The molecule has 5 nitrogen and oxygen atoms in total. The Kier molecular flexibility index (Phi) is 7.44. The van der Waals surface area contributed by atoms with E-state index in [0.717, 1.165) is 18.4 Å². The Balaban J connectivity index is 2.44. The van der Waals surface area contributed by atoms with Crippen LogP contribution in [0.1, 0.15) is 31.7 Å². The van der Waals surface area contributed by atoms with Gasteiger partial charge in [-0.05, 0) is 12.0 Å². The van der Waals surface area contributed by atoms with E-state index in [1.54, 1.807) is 0 Å². The summed E-state index contributed by atoms with van der Waals surface area (Å²) in [5.41, 5.74) is 0.827. The maximum atomic E-state index is 11.6. The molecule has 1 rings (SSSR count). The maximum absolute atomic E-state index is 11.6. The number of amides is 1. The van der Waals surface area contributed by atoms with E-state index in [2.05, 4.69) is 17.2 Å². The van der Waals surface area contributed by atoms with E-state index in [-0.39, 0.29) is 6.61 Å². The minimum absolute atomic E-state index is 0.0856. The number of carboxylic acid groups (broad SMARTS) is 1. The number of aliphatic carboxylic acids is 1. The second kappa shape index (κ2) is 9.43. The molecule has 21 heavy (non-hydrogen) atoms. The van der Waals surface area contributed by atoms with Crippen molar-refractivity contribution in [1.29, 1.82) is 0 Å². The zero-order valence-electron chi connectivity index (χ0n) is 12.0. The number of benzene rings is 1. The molecule has 1 unspecified atom stereocenters. The van der Waals surface area contributed by atoms with E-state index < -0.39 is 18.1 Å². The standard InChI is InChI=1S/C16H19NO4/c1-2-3-4-8-11-14(15(18)19)17-16(20)21-12-13-9-6-5-7-10-13/h5-7,9-10,14H,2-4,12H2,1H3,(H,17,20)(H,18,19). The predicted octanol–water partition coefficient (Wildman–Crippen LogP) is 2.56. The van der Waals surface area contributed by atoms with Crippen LogP contribution in [-0.2, 0) is 16.1 Å². The molecular formula is C16H19NO4. The summed E-state index contributed by atoms with van der Waals surface area (Å²) < 4.78 is 4.96. The zero-order chi connectivity index (χ0) is 15.5. The molecule has 1 aromatic carbocycles. The van der Waals surface area contributed by atoms with E-state index in [4.69, 9.17) is 9.84 Å². The van der Waals surface area contributed by atoms with Gasteiger partial charge in [0, 0.05) is 6.42 Å². The van der Waals surface area contributed by atoms with E-state index >= 15 is 0 Å². The highest BCUT2D eigenvalue weighted by Gasteiger charge is 2.17. The number of hydrogen-bond donors (Lipinski definition) is 2. The van der Waals surface area contributed by atoms with E-state index in [1.165, 1.54) is 0 Å². The smallest absolute Gasteiger partial charge is 0.408 e. The van der Waals surface area contributed by atoms with Crippen molar-refractivity contribution in [2.75, 3.05) is 0 Å². The summed E-state index contributed by atoms with van der Waals surface area (Å²) in [7, 11) is 0. The Labute approximate surface area is 124 Å². The molecule has 112 valence electrons. The van der Waals surface area contributed by atoms with Crippen molar-refractivity contribution in [3.8, 4) is 11.8 Å². The summed E-state index contributed by atoms with van der Waals surface area (Å²) in [6, 6.07) is 7.89. The number of carbonyl (C=O) groups is 2. The molecule has 0 fully saturated rings. The van der Waals surface area contributed by atoms with Crippen LogP contribution in [0.15, 0.2) is 30.3 Å². The SMILES string of the molecule is CCCCC#CC(NC(=O)OCc1ccccc1)C(=O)O. The molecule has 0 aromatic heterocycles. The van der Waals surface area contributed by atoms with E-state index in [1.807, 2.05) is 37.3 Å². The largest absolute Gasteiger partial charge is 0.479 e. The molecule has 5 heteroatoms. The summed E-state index contributed by atoms with van der Waals surface area (Å²) in [6.07, 6.45) is 1.70. The normalized spacial score (nSPS) is 10.9. The zero-order valence-corrected chi connectivity index (χ0v) is 12.0. The van der Waals surface area contributed by atoms with Crippen LogP contribution in [0.25, 0.3) is 0 Å². The fraction of sp³-hybridized carbons (Fsp3) is 0.375. The number of carboxylic acids is 1. The lowest BCUT2D eigenvalue weighted by molar-refractivity contribution is -0.137. The van der Waals surface area contributed by atoms with Gasteiger partial charge in [-0.3, -0.25) is 5.32 Å². The predicted molar refractivity (Wildman–Crippen MR) is 78.5 cm³/mol. The molecule has 1 atom stereocenters. The molecule has 0 saturated carbocycles. The van der Waals surface area contributed by atoms with Crippen molar-refractivity contribution in [1.82, 2.24) is 5.32 Å². The van der Waals surface area contributed by atoms with Crippen molar-refractivity contribution in [3.05, 3.63) is 35.9 Å². The van der Waals surface area contributed by atoms with Crippen LogP contribution < -0.4 is 5.32 Å². The van der Waals surface area contributed by atoms with Gasteiger partial charge in [-0.2, -0.15) is 0 Å². The van der Waals surface area contributed by atoms with Crippen molar-refractivity contribution in [3.63, 3.8) is 0 Å². The number of carbonyl (C=O) groups excluding carboxylic acids is 1. The first-order valence-electron chi connectivity index (χ1n) is 6.82. The van der Waals surface area contributed by atoms with Gasteiger partial charge >= 0.3 is 12.1 Å². The first-order valence-corrected chi connectivity index (χ1v) is 6.82. The third-order valence-electron chi connectivity index (χ3n) is 2.62. The highest BCUT2D eigenvalue weighted by molar-refractivity contribution is 5.83. The first-order chi connectivity index (χ1) is 10.1. The molecule has 0 aliphatic heterocycles. The number of unbranched alkanes of at least 4 members (excludes halogenated alkanes) is 2. The van der Waals surface area contributed by atoms with Crippen LogP contribution in [0.3, 0.4) is 0 Å². The molecule has 1 aromatic rings. The average Bonchev–Trinajstić information content (AvgIpc) is 2.49. The number of nitrogens with one attached hydrogen (secondary N) is 1. The van der Waals surface area contributed by atoms with Gasteiger partial charge in [-0.25, -0.2) is 9.59 Å². The van der Waals surface area contributed by atoms with Gasteiger partial charge in [0.05, 0.1) is 0 Å². The number of hydrogen-bond acceptors (Lipinski definition) is 3. The van der Waals surface area contributed by atoms with Crippen LogP contribution in [0.5, 0.6) is 0 Å². The Hall–Kier alpha value is -2.48. The lowest BCUT2D eigenvalue weighted by Crippen LogP contribution is -2.40. The van der Waals surface area contributed by atoms with Gasteiger partial charge in [0.15, 0.2) is 6.04 Å². The fourth-order valence-corrected chi connectivity index (χ4v) is 1.48. The number of ether oxygens (including phenoxy) is 1. The van der Waals surface area contributed by atoms with Crippen molar-refractivity contribution in [2.45, 2.75) is 38.8 Å². The monoisotopic (exact) mass is 289 g/mol. The van der Waals surface area contributed by atoms with Crippen LogP contribution in [0.4, 0.5) is 4.79 Å². The quantitative estimate of drug-likeness (QED) is 0.623. The fourth-order valence-electron chi connectivity index (χ4n) is 1.48. The van der Waals surface area contributed by atoms with E-state index in [0.29, 0.717) is 6.42 Å². The minimum atomic E-state index is -1.25. The van der Waals surface area contributed by atoms with Gasteiger partial charge in [0.1, 0.15) is 6.61 Å². The molecule has 0 radical (unpaired) electrons. The highest BCUT2D eigenvalue weighted by Crippen LogP contribution is 2.00. The van der Waals surface area contributed by atoms with Crippen LogP contribution in [-0.4, -0.2) is 23.2 Å². The van der Waals surface area contributed by atoms with Crippen molar-refractivity contribution >= 4 is 12.1 Å². The highest BCUT2D eigenvalue weighted by atomic mass is 16.5. The lowest BCUT2D eigenvalue weighted by Gasteiger charge is -2.09. The van der Waals surface area contributed by atoms with Gasteiger partial charge < -0.3 is 9.84 Å². The number of alkyl carbamates (subject to hydrolysis) is 1. The number of rotatable bonds is 6. The summed E-state index contributed by atoms with van der Waals surface area (Å²) in [5.74, 6) is 4.07. The molecule has 0 saturated heterocycles. The third-order valence-corrected chi connectivity index (χ3v) is 2.62. The minimum Gasteiger partial charge on any atom is -0.479 e. The molecule has 0 heterocycles. The van der Waals surface area contributed by atoms with Gasteiger partial charge in [-0.1, -0.05) is 49.6 Å². The van der Waals surface area contributed by atoms with E-state index in [9.17, 15) is 9.59 Å². The topological polar surface area (TPSA) is 75.6 Å². The van der Waals surface area contributed by atoms with Crippen molar-refractivity contribution < 1.29 is 19.4 Å². The summed E-state index contributed by atoms with van der Waals surface area (Å²) >= 11 is 0. The maximum Gasteiger partial charge on any atom is 0.408 e. The Bertz CT molecular complexity index is 516. The molecule has 0 aliphatic rings. The Morgan fingerprint density at radius 2 is 2.05 bits per heavy atom. The molecule has 0 spiro atoms. The van der Waals surface area contributed by atoms with Crippen LogP contribution in [0.2, 0.25) is 0 Å². The van der Waals surface area contributed by atoms with Gasteiger partial charge in [-0.15, -0.1) is 5.92 Å². The average molecular weight is 289 g/mol. The third kappa shape index (κ3) is 7.02. The summed E-state index contributed by atoms with van der Waals surface area (Å²) in [4.78, 5) is 22.6. The first kappa shape index (κ1) is 16.6. The Morgan fingerprint density at radius 3 is 2.67 bits per heavy atom. The van der Waals surface area contributed by atoms with Gasteiger partial charge in [0.2, 0.25) is 0 Å². The molecule has 0 bridgehead atoms. The van der Waals surface area contributed by atoms with Gasteiger partial charge in [0.25, 0.3) is 0 Å². The summed E-state index contributed by atoms with van der Waals surface area (Å²) in [6.45, 7) is 2.11. The van der Waals surface area contributed by atoms with Crippen LogP contribution in [0, 0.1) is 11.8 Å².